The van der Waals surface area contributed by atoms with E-state index in [2.05, 4.69) is 30.8 Å². The van der Waals surface area contributed by atoms with Crippen molar-refractivity contribution in [3.63, 3.8) is 0 Å². The minimum absolute atomic E-state index is 0.147. The zero-order valence-corrected chi connectivity index (χ0v) is 19.8. The van der Waals surface area contributed by atoms with Crippen molar-refractivity contribution in [3.8, 4) is 11.5 Å². The zero-order valence-electron chi connectivity index (χ0n) is 19.0. The van der Waals surface area contributed by atoms with E-state index in [0.717, 1.165) is 11.1 Å². The molecule has 0 aliphatic carbocycles. The maximum absolute atomic E-state index is 12.9. The number of aliphatic hydroxyl groups excluding tert-OH is 1. The summed E-state index contributed by atoms with van der Waals surface area (Å²) in [5, 5.41) is 23.6. The highest BCUT2D eigenvalue weighted by Crippen LogP contribution is 2.23. The molecular weight excluding hydrogens is 462 g/mol. The third-order valence-corrected chi connectivity index (χ3v) is 7.36. The molecule has 34 heavy (non-hydrogen) atoms. The number of hydrogen-bond acceptors (Lipinski definition) is 9. The average Bonchev–Trinajstić information content (AvgIpc) is 3.33. The van der Waals surface area contributed by atoms with Gasteiger partial charge in [0.15, 0.2) is 0 Å². The van der Waals surface area contributed by atoms with Gasteiger partial charge < -0.3 is 10.4 Å². The zero-order chi connectivity index (χ0) is 24.5. The number of anilines is 1. The summed E-state index contributed by atoms with van der Waals surface area (Å²) in [6, 6.07) is 6.27. The Morgan fingerprint density at radius 1 is 1.29 bits per heavy atom. The number of hydrogen-bond donors (Lipinski definition) is 2. The molecule has 0 aromatic carbocycles. The lowest BCUT2D eigenvalue weighted by Crippen LogP contribution is -2.42. The third kappa shape index (κ3) is 4.65. The average molecular weight is 488 g/mol. The molecule has 1 amide bonds. The number of carbonyl (C=O) groups is 1. The molecule has 3 aromatic rings. The van der Waals surface area contributed by atoms with Gasteiger partial charge in [-0.15, -0.1) is 5.10 Å². The normalized spacial score (nSPS) is 15.2. The Bertz CT molecular complexity index is 1310. The van der Waals surface area contributed by atoms with Gasteiger partial charge in [-0.05, 0) is 53.1 Å². The summed E-state index contributed by atoms with van der Waals surface area (Å²) in [7, 11) is -0.587. The molecule has 2 N–H and O–H groups in total. The first-order valence-corrected chi connectivity index (χ1v) is 11.9. The summed E-state index contributed by atoms with van der Waals surface area (Å²) in [6.07, 6.45) is 2.13. The Morgan fingerprint density at radius 3 is 2.82 bits per heavy atom. The van der Waals surface area contributed by atoms with E-state index in [1.807, 2.05) is 0 Å². The Hall–Kier alpha value is -3.33. The molecule has 0 fully saturated rings. The van der Waals surface area contributed by atoms with Crippen LogP contribution < -0.4 is 5.32 Å². The fourth-order valence-corrected chi connectivity index (χ4v) is 4.60. The molecule has 0 bridgehead atoms. The van der Waals surface area contributed by atoms with E-state index in [0.29, 0.717) is 24.5 Å². The molecule has 180 valence electrons. The van der Waals surface area contributed by atoms with Gasteiger partial charge in [-0.2, -0.15) is 17.0 Å². The number of rotatable bonds is 7. The van der Waals surface area contributed by atoms with Crippen LogP contribution in [-0.2, 0) is 23.2 Å². The molecule has 1 aliphatic rings. The fourth-order valence-electron chi connectivity index (χ4n) is 3.51. The second-order valence-corrected chi connectivity index (χ2v) is 10.2. The van der Waals surface area contributed by atoms with Gasteiger partial charge in [-0.1, -0.05) is 6.07 Å². The largest absolute Gasteiger partial charge is 0.394 e. The highest BCUT2D eigenvalue weighted by atomic mass is 32.2. The van der Waals surface area contributed by atoms with Gasteiger partial charge in [-0.3, -0.25) is 9.78 Å². The van der Waals surface area contributed by atoms with Crippen molar-refractivity contribution in [2.75, 3.05) is 32.6 Å². The highest BCUT2D eigenvalue weighted by molar-refractivity contribution is 7.86. The molecule has 0 saturated carbocycles. The van der Waals surface area contributed by atoms with Crippen molar-refractivity contribution in [1.29, 1.82) is 0 Å². The van der Waals surface area contributed by atoms with Crippen LogP contribution in [0.1, 0.15) is 34.6 Å². The van der Waals surface area contributed by atoms with E-state index in [1.54, 1.807) is 37.4 Å². The second kappa shape index (κ2) is 9.50. The Labute approximate surface area is 196 Å². The summed E-state index contributed by atoms with van der Waals surface area (Å²) in [5.74, 6) is 0.139. The summed E-state index contributed by atoms with van der Waals surface area (Å²) in [4.78, 5) is 21.5. The van der Waals surface area contributed by atoms with Crippen LogP contribution >= 0.6 is 0 Å². The number of aliphatic hydroxyl groups is 1. The number of carbonyl (C=O) groups excluding carboxylic acids is 1. The minimum atomic E-state index is -3.56. The lowest BCUT2D eigenvalue weighted by Gasteiger charge is -2.30. The Kier molecular flexibility index (Phi) is 6.65. The molecule has 0 saturated heterocycles. The number of aromatic nitrogens is 6. The van der Waals surface area contributed by atoms with Crippen LogP contribution in [0.25, 0.3) is 11.5 Å². The van der Waals surface area contributed by atoms with E-state index in [1.165, 1.54) is 27.4 Å². The van der Waals surface area contributed by atoms with Crippen LogP contribution in [-0.4, -0.2) is 85.5 Å². The van der Waals surface area contributed by atoms with Crippen LogP contribution in [0.3, 0.4) is 0 Å². The molecule has 1 atom stereocenters. The number of nitrogens with zero attached hydrogens (tertiary/aromatic N) is 8. The molecule has 4 rings (SSSR count). The number of amides is 1. The first kappa shape index (κ1) is 23.8. The van der Waals surface area contributed by atoms with Gasteiger partial charge in [0.1, 0.15) is 17.2 Å². The highest BCUT2D eigenvalue weighted by Gasteiger charge is 2.29. The third-order valence-electron chi connectivity index (χ3n) is 5.47. The summed E-state index contributed by atoms with van der Waals surface area (Å²) >= 11 is 0. The molecular formula is C20H25N9O4S. The molecule has 0 radical (unpaired) electrons. The maximum Gasteiger partial charge on any atom is 0.281 e. The lowest BCUT2D eigenvalue weighted by atomic mass is 10.0. The van der Waals surface area contributed by atoms with Crippen molar-refractivity contribution in [1.82, 2.24) is 38.8 Å². The van der Waals surface area contributed by atoms with Gasteiger partial charge >= 0.3 is 0 Å². The molecule has 4 heterocycles. The van der Waals surface area contributed by atoms with Crippen LogP contribution in [0.5, 0.6) is 0 Å². The quantitative estimate of drug-likeness (QED) is 0.471. The van der Waals surface area contributed by atoms with Gasteiger partial charge in [0.25, 0.3) is 16.1 Å². The first-order chi connectivity index (χ1) is 16.2. The SMILES string of the molecule is C[C@H](CO)n1nnnc1-c1cccc(NC(=O)c2cc3c(cn2)CCN(S(=O)(=O)N(C)C)C3)n1. The molecule has 0 unspecified atom stereocenters. The number of nitrogens with one attached hydrogen (secondary N) is 1. The first-order valence-electron chi connectivity index (χ1n) is 10.5. The van der Waals surface area contributed by atoms with Crippen molar-refractivity contribution < 1.29 is 18.3 Å². The van der Waals surface area contributed by atoms with Crippen LogP contribution in [0.4, 0.5) is 5.82 Å². The molecule has 3 aromatic heterocycles. The fraction of sp³-hybridized carbons (Fsp3) is 0.400. The van der Waals surface area contributed by atoms with Crippen molar-refractivity contribution >= 4 is 21.9 Å². The van der Waals surface area contributed by atoms with Crippen molar-refractivity contribution in [3.05, 3.63) is 47.3 Å². The van der Waals surface area contributed by atoms with Crippen LogP contribution in [0.15, 0.2) is 30.5 Å². The topological polar surface area (TPSA) is 159 Å². The van der Waals surface area contributed by atoms with E-state index in [4.69, 9.17) is 0 Å². The molecule has 0 spiro atoms. The Balaban J connectivity index is 1.54. The molecule has 14 heteroatoms. The molecule has 13 nitrogen and oxygen atoms in total. The standard InChI is InChI=1S/C20H25N9O4S/c1-13(12-30)29-19(24-25-26-29)16-5-4-6-18(22-16)23-20(31)17-9-15-11-28(34(32,33)27(2)3)8-7-14(15)10-21-17/h4-6,9-10,13,30H,7-8,11-12H2,1-3H3,(H,22,23,31)/t13-/m1/s1. The van der Waals surface area contributed by atoms with E-state index in [-0.39, 0.29) is 30.7 Å². The summed E-state index contributed by atoms with van der Waals surface area (Å²) in [6.45, 7) is 2.13. The van der Waals surface area contributed by atoms with Gasteiger partial charge in [0.2, 0.25) is 5.82 Å². The maximum atomic E-state index is 12.9. The summed E-state index contributed by atoms with van der Waals surface area (Å²) < 4.78 is 29.0. The number of fused-ring (bicyclic) bond motifs is 1. The van der Waals surface area contributed by atoms with Crippen LogP contribution in [0, 0.1) is 0 Å². The molecule has 1 aliphatic heterocycles. The second-order valence-electron chi connectivity index (χ2n) is 8.05. The van der Waals surface area contributed by atoms with E-state index in [9.17, 15) is 18.3 Å². The number of tetrazole rings is 1. The number of pyridine rings is 2. The van der Waals surface area contributed by atoms with Gasteiger partial charge in [-0.25, -0.2) is 9.67 Å². The van der Waals surface area contributed by atoms with E-state index >= 15 is 0 Å². The Morgan fingerprint density at radius 2 is 2.09 bits per heavy atom. The predicted octanol–water partition coefficient (Wildman–Crippen LogP) is 0.100. The van der Waals surface area contributed by atoms with Gasteiger partial charge in [0, 0.05) is 33.4 Å². The van der Waals surface area contributed by atoms with Crippen molar-refractivity contribution in [2.45, 2.75) is 25.9 Å². The minimum Gasteiger partial charge on any atom is -0.394 e. The lowest BCUT2D eigenvalue weighted by molar-refractivity contribution is 0.102. The van der Waals surface area contributed by atoms with Crippen LogP contribution in [0.2, 0.25) is 0 Å². The summed E-state index contributed by atoms with van der Waals surface area (Å²) in [5.41, 5.74) is 2.21. The predicted molar refractivity (Wildman–Crippen MR) is 122 cm³/mol. The van der Waals surface area contributed by atoms with E-state index < -0.39 is 16.1 Å². The van der Waals surface area contributed by atoms with Crippen molar-refractivity contribution in [2.24, 2.45) is 0 Å². The monoisotopic (exact) mass is 487 g/mol. The van der Waals surface area contributed by atoms with Gasteiger partial charge in [0.05, 0.1) is 12.6 Å². The smallest absolute Gasteiger partial charge is 0.281 e.